The molecule has 0 aliphatic carbocycles. The Morgan fingerprint density at radius 1 is 1.35 bits per heavy atom. The lowest BCUT2D eigenvalue weighted by molar-refractivity contribution is 0.177. The Hall–Kier alpha value is -2.01. The van der Waals surface area contributed by atoms with Crippen molar-refractivity contribution in [3.63, 3.8) is 0 Å². The Morgan fingerprint density at radius 3 is 3.00 bits per heavy atom. The minimum atomic E-state index is -0.303. The van der Waals surface area contributed by atoms with Gasteiger partial charge in [0.1, 0.15) is 6.61 Å². The molecule has 5 heteroatoms. The molecule has 1 aromatic carbocycles. The number of benzene rings is 1. The fourth-order valence-electron chi connectivity index (χ4n) is 3.83. The van der Waals surface area contributed by atoms with E-state index in [0.29, 0.717) is 12.6 Å². The van der Waals surface area contributed by atoms with Gasteiger partial charge in [-0.15, -0.1) is 0 Å². The lowest BCUT2D eigenvalue weighted by atomic mass is 10.00. The van der Waals surface area contributed by atoms with Crippen LogP contribution < -0.4 is 5.32 Å². The molecule has 2 saturated heterocycles. The van der Waals surface area contributed by atoms with Crippen LogP contribution in [0, 0.1) is 0 Å². The second-order valence-electron chi connectivity index (χ2n) is 6.82. The van der Waals surface area contributed by atoms with Gasteiger partial charge in [-0.1, -0.05) is 6.07 Å². The van der Waals surface area contributed by atoms with Gasteiger partial charge in [-0.3, -0.25) is 0 Å². The molecule has 5 nitrogen and oxygen atoms in total. The molecule has 2 aromatic rings. The average molecular weight is 313 g/mol. The zero-order valence-electron chi connectivity index (χ0n) is 13.5. The molecular formula is C18H23N3O2. The van der Waals surface area contributed by atoms with Crippen LogP contribution in [0.25, 0.3) is 10.9 Å². The molecule has 1 aromatic heterocycles. The Kier molecular flexibility index (Phi) is 3.73. The minimum Gasteiger partial charge on any atom is -0.447 e. The van der Waals surface area contributed by atoms with Crippen molar-refractivity contribution in [1.29, 1.82) is 0 Å². The number of alkyl carbamates (subject to hydrolysis) is 1. The summed E-state index contributed by atoms with van der Waals surface area (Å²) < 4.78 is 4.97. The SMILES string of the molecule is CN1CCC[C@@H]1Cc1c[nH]c2ccc(CC3COC(=O)N3)cc12. The van der Waals surface area contributed by atoms with Crippen LogP contribution >= 0.6 is 0 Å². The third kappa shape index (κ3) is 2.93. The number of amides is 1. The first-order chi connectivity index (χ1) is 11.2. The predicted molar refractivity (Wildman–Crippen MR) is 89.6 cm³/mol. The van der Waals surface area contributed by atoms with E-state index in [9.17, 15) is 4.79 Å². The van der Waals surface area contributed by atoms with Crippen molar-refractivity contribution in [2.24, 2.45) is 0 Å². The summed E-state index contributed by atoms with van der Waals surface area (Å²) in [6, 6.07) is 7.28. The van der Waals surface area contributed by atoms with E-state index in [1.54, 1.807) is 0 Å². The summed E-state index contributed by atoms with van der Waals surface area (Å²) in [5.41, 5.74) is 3.83. The van der Waals surface area contributed by atoms with Crippen LogP contribution in [-0.2, 0) is 17.6 Å². The minimum absolute atomic E-state index is 0.0864. The number of fused-ring (bicyclic) bond motifs is 1. The molecule has 4 rings (SSSR count). The maximum absolute atomic E-state index is 11.1. The fourth-order valence-corrected chi connectivity index (χ4v) is 3.83. The summed E-state index contributed by atoms with van der Waals surface area (Å²) in [4.78, 5) is 17.0. The van der Waals surface area contributed by atoms with Gasteiger partial charge in [0.25, 0.3) is 0 Å². The van der Waals surface area contributed by atoms with Crippen molar-refractivity contribution in [2.75, 3.05) is 20.2 Å². The summed E-state index contributed by atoms with van der Waals surface area (Å²) >= 11 is 0. The van der Waals surface area contributed by atoms with E-state index in [4.69, 9.17) is 4.74 Å². The first-order valence-electron chi connectivity index (χ1n) is 8.41. The van der Waals surface area contributed by atoms with Crippen molar-refractivity contribution < 1.29 is 9.53 Å². The average Bonchev–Trinajstić information content (AvgIpc) is 3.23. The smallest absolute Gasteiger partial charge is 0.407 e. The third-order valence-electron chi connectivity index (χ3n) is 5.18. The number of likely N-dealkylation sites (N-methyl/N-ethyl adjacent to an activating group) is 1. The second kappa shape index (κ2) is 5.89. The van der Waals surface area contributed by atoms with E-state index in [1.807, 2.05) is 0 Å². The first-order valence-corrected chi connectivity index (χ1v) is 8.41. The number of likely N-dealkylation sites (tertiary alicyclic amines) is 1. The lowest BCUT2D eigenvalue weighted by Crippen LogP contribution is -2.28. The van der Waals surface area contributed by atoms with Crippen LogP contribution in [-0.4, -0.2) is 48.3 Å². The number of hydrogen-bond acceptors (Lipinski definition) is 3. The van der Waals surface area contributed by atoms with Crippen molar-refractivity contribution in [1.82, 2.24) is 15.2 Å². The maximum Gasteiger partial charge on any atom is 0.407 e. The van der Waals surface area contributed by atoms with Gasteiger partial charge in [0.15, 0.2) is 0 Å². The van der Waals surface area contributed by atoms with Gasteiger partial charge >= 0.3 is 6.09 Å². The molecule has 3 heterocycles. The van der Waals surface area contributed by atoms with Crippen LogP contribution in [0.2, 0.25) is 0 Å². The van der Waals surface area contributed by atoms with Gasteiger partial charge in [0, 0.05) is 23.1 Å². The Morgan fingerprint density at radius 2 is 2.26 bits per heavy atom. The molecule has 1 amide bonds. The van der Waals surface area contributed by atoms with Crippen molar-refractivity contribution >= 4 is 17.0 Å². The molecule has 1 unspecified atom stereocenters. The summed E-state index contributed by atoms with van der Waals surface area (Å²) in [7, 11) is 2.22. The van der Waals surface area contributed by atoms with Crippen molar-refractivity contribution in [3.05, 3.63) is 35.5 Å². The van der Waals surface area contributed by atoms with E-state index in [-0.39, 0.29) is 12.1 Å². The number of rotatable bonds is 4. The zero-order chi connectivity index (χ0) is 15.8. The standard InChI is InChI=1S/C18H23N3O2/c1-21-6-2-3-15(21)9-13-10-19-17-5-4-12(8-16(13)17)7-14-11-23-18(22)20-14/h4-5,8,10,14-15,19H,2-3,6-7,9,11H2,1H3,(H,20,22)/t14?,15-/m1/s1. The first kappa shape index (κ1) is 14.6. The Balaban J connectivity index is 1.54. The monoisotopic (exact) mass is 313 g/mol. The molecular weight excluding hydrogens is 290 g/mol. The van der Waals surface area contributed by atoms with Crippen LogP contribution in [0.5, 0.6) is 0 Å². The molecule has 0 bridgehead atoms. The highest BCUT2D eigenvalue weighted by Crippen LogP contribution is 2.26. The van der Waals surface area contributed by atoms with E-state index in [1.165, 1.54) is 41.4 Å². The molecule has 2 aliphatic heterocycles. The van der Waals surface area contributed by atoms with Crippen LogP contribution in [0.4, 0.5) is 4.79 Å². The van der Waals surface area contributed by atoms with Crippen LogP contribution in [0.1, 0.15) is 24.0 Å². The zero-order valence-corrected chi connectivity index (χ0v) is 13.5. The number of ether oxygens (including phenoxy) is 1. The quantitative estimate of drug-likeness (QED) is 0.911. The number of cyclic esters (lactones) is 1. The normalized spacial score (nSPS) is 25.0. The molecule has 2 aliphatic rings. The molecule has 0 radical (unpaired) electrons. The molecule has 122 valence electrons. The number of H-pyrrole nitrogens is 1. The molecule has 0 spiro atoms. The Labute approximate surface area is 136 Å². The van der Waals surface area contributed by atoms with Crippen molar-refractivity contribution in [3.8, 4) is 0 Å². The number of hydrogen-bond donors (Lipinski definition) is 2. The lowest BCUT2D eigenvalue weighted by Gasteiger charge is -2.18. The van der Waals surface area contributed by atoms with Gasteiger partial charge in [0.05, 0.1) is 6.04 Å². The summed E-state index contributed by atoms with van der Waals surface area (Å²) in [5, 5.41) is 4.16. The van der Waals surface area contributed by atoms with Gasteiger partial charge in [0.2, 0.25) is 0 Å². The highest BCUT2D eigenvalue weighted by molar-refractivity contribution is 5.84. The van der Waals surface area contributed by atoms with Crippen molar-refractivity contribution in [2.45, 2.75) is 37.8 Å². The maximum atomic E-state index is 11.1. The number of nitrogens with zero attached hydrogens (tertiary/aromatic N) is 1. The van der Waals surface area contributed by atoms with E-state index < -0.39 is 0 Å². The number of carbonyl (C=O) groups excluding carboxylic acids is 1. The van der Waals surface area contributed by atoms with E-state index in [2.05, 4.69) is 46.6 Å². The van der Waals surface area contributed by atoms with E-state index >= 15 is 0 Å². The molecule has 0 saturated carbocycles. The summed E-state index contributed by atoms with van der Waals surface area (Å²) in [6.07, 6.45) is 6.35. The van der Waals surface area contributed by atoms with Gasteiger partial charge in [-0.05, 0) is 62.5 Å². The van der Waals surface area contributed by atoms with Crippen LogP contribution in [0.15, 0.2) is 24.4 Å². The molecule has 2 atom stereocenters. The number of aromatic amines is 1. The number of aromatic nitrogens is 1. The third-order valence-corrected chi connectivity index (χ3v) is 5.18. The topological polar surface area (TPSA) is 57.4 Å². The summed E-state index contributed by atoms with van der Waals surface area (Å²) in [6.45, 7) is 1.67. The summed E-state index contributed by atoms with van der Waals surface area (Å²) in [5.74, 6) is 0. The fraction of sp³-hybridized carbons (Fsp3) is 0.500. The predicted octanol–water partition coefficient (Wildman–Crippen LogP) is 2.46. The Bertz CT molecular complexity index is 724. The van der Waals surface area contributed by atoms with Crippen LogP contribution in [0.3, 0.4) is 0 Å². The molecule has 23 heavy (non-hydrogen) atoms. The van der Waals surface area contributed by atoms with E-state index in [0.717, 1.165) is 12.8 Å². The largest absolute Gasteiger partial charge is 0.447 e. The second-order valence-corrected chi connectivity index (χ2v) is 6.82. The van der Waals surface area contributed by atoms with Gasteiger partial charge < -0.3 is 19.9 Å². The number of carbonyl (C=O) groups is 1. The molecule has 2 N–H and O–H groups in total. The molecule has 2 fully saturated rings. The van der Waals surface area contributed by atoms with Gasteiger partial charge in [-0.25, -0.2) is 4.79 Å². The van der Waals surface area contributed by atoms with Gasteiger partial charge in [-0.2, -0.15) is 0 Å². The highest BCUT2D eigenvalue weighted by Gasteiger charge is 2.24. The number of nitrogens with one attached hydrogen (secondary N) is 2. The highest BCUT2D eigenvalue weighted by atomic mass is 16.6.